The van der Waals surface area contributed by atoms with Crippen molar-refractivity contribution in [3.05, 3.63) is 27.7 Å². The molecule has 0 aliphatic rings. The van der Waals surface area contributed by atoms with E-state index in [1.807, 2.05) is 0 Å². The van der Waals surface area contributed by atoms with Crippen molar-refractivity contribution in [2.24, 2.45) is 0 Å². The van der Waals surface area contributed by atoms with Gasteiger partial charge in [-0.15, -0.1) is 0 Å². The minimum absolute atomic E-state index is 0.0736. The molecule has 0 unspecified atom stereocenters. The van der Waals surface area contributed by atoms with E-state index < -0.39 is 25.9 Å². The molecule has 1 rings (SSSR count). The maximum absolute atomic E-state index is 12.6. The highest BCUT2D eigenvalue weighted by molar-refractivity contribution is 9.10. The van der Waals surface area contributed by atoms with E-state index in [9.17, 15) is 17.2 Å². The van der Waals surface area contributed by atoms with Crippen LogP contribution in [0.2, 0.25) is 0 Å². The Morgan fingerprint density at radius 3 is 2.38 bits per heavy atom. The van der Waals surface area contributed by atoms with Crippen molar-refractivity contribution in [2.75, 3.05) is 0 Å². The second kappa shape index (κ2) is 4.65. The maximum Gasteiger partial charge on any atom is 0.266 e. The molecule has 0 saturated carbocycles. The zero-order valence-electron chi connectivity index (χ0n) is 7.42. The third kappa shape index (κ3) is 2.70. The molecule has 0 N–H and O–H groups in total. The Morgan fingerprint density at radius 1 is 1.44 bits per heavy atom. The third-order valence-electron chi connectivity index (χ3n) is 1.70. The fraction of sp³-hybridized carbons (Fsp3) is 0.125. The van der Waals surface area contributed by atoms with Crippen LogP contribution < -0.4 is 0 Å². The molecule has 0 radical (unpaired) electrons. The normalized spacial score (nSPS) is 11.5. The predicted octanol–water partition coefficient (Wildman–Crippen LogP) is 3.19. The zero-order valence-corrected chi connectivity index (χ0v) is 10.6. The lowest BCUT2D eigenvalue weighted by molar-refractivity contribution is 0.147. The summed E-state index contributed by atoms with van der Waals surface area (Å²) in [6, 6.07) is 3.57. The van der Waals surface area contributed by atoms with Gasteiger partial charge in [0.2, 0.25) is 0 Å². The van der Waals surface area contributed by atoms with Crippen molar-refractivity contribution in [3.63, 3.8) is 0 Å². The first-order chi connectivity index (χ1) is 7.27. The Hall–Kier alpha value is -0.710. The standard InChI is InChI=1S/C8H3BrClF2NO2S/c9-5-1-4(3-13)2-6(16(10,14)15)7(5)8(11)12/h1-2,8H. The Labute approximate surface area is 103 Å². The molecule has 0 bridgehead atoms. The van der Waals surface area contributed by atoms with E-state index in [1.165, 1.54) is 0 Å². The first kappa shape index (κ1) is 13.4. The minimum atomic E-state index is -4.32. The summed E-state index contributed by atoms with van der Waals surface area (Å²) in [5, 5.41) is 8.59. The fourth-order valence-electron chi connectivity index (χ4n) is 1.07. The molecule has 0 amide bonds. The van der Waals surface area contributed by atoms with Crippen molar-refractivity contribution in [1.29, 1.82) is 5.26 Å². The Morgan fingerprint density at radius 2 is 2.00 bits per heavy atom. The highest BCUT2D eigenvalue weighted by Crippen LogP contribution is 2.35. The number of hydrogen-bond donors (Lipinski definition) is 0. The molecule has 0 heterocycles. The lowest BCUT2D eigenvalue weighted by Gasteiger charge is -2.08. The fourth-order valence-corrected chi connectivity index (χ4v) is 2.95. The molecule has 1 aromatic rings. The third-order valence-corrected chi connectivity index (χ3v) is 3.72. The largest absolute Gasteiger partial charge is 0.266 e. The lowest BCUT2D eigenvalue weighted by atomic mass is 10.1. The van der Waals surface area contributed by atoms with Gasteiger partial charge in [-0.1, -0.05) is 15.9 Å². The van der Waals surface area contributed by atoms with Crippen LogP contribution >= 0.6 is 26.6 Å². The molecule has 0 aromatic heterocycles. The summed E-state index contributed by atoms with van der Waals surface area (Å²) in [7, 11) is 0.695. The highest BCUT2D eigenvalue weighted by Gasteiger charge is 2.25. The summed E-state index contributed by atoms with van der Waals surface area (Å²) >= 11 is 2.78. The summed E-state index contributed by atoms with van der Waals surface area (Å²) < 4.78 is 47.2. The molecular weight excluding hydrogens is 328 g/mol. The summed E-state index contributed by atoms with van der Waals surface area (Å²) in [5.74, 6) is 0. The van der Waals surface area contributed by atoms with Gasteiger partial charge in [-0.2, -0.15) is 5.26 Å². The van der Waals surface area contributed by atoms with Crippen LogP contribution in [0.4, 0.5) is 8.78 Å². The summed E-state index contributed by atoms with van der Waals surface area (Å²) in [6.45, 7) is 0. The van der Waals surface area contributed by atoms with Crippen LogP contribution in [0, 0.1) is 11.3 Å². The molecule has 86 valence electrons. The molecule has 0 aliphatic carbocycles. The van der Waals surface area contributed by atoms with E-state index in [1.54, 1.807) is 6.07 Å². The monoisotopic (exact) mass is 329 g/mol. The van der Waals surface area contributed by atoms with Gasteiger partial charge in [0.15, 0.2) is 0 Å². The number of benzene rings is 1. The molecule has 16 heavy (non-hydrogen) atoms. The number of nitrogens with zero attached hydrogens (tertiary/aromatic N) is 1. The first-order valence-electron chi connectivity index (χ1n) is 3.73. The Bertz CT molecular complexity index is 568. The predicted molar refractivity (Wildman–Crippen MR) is 56.9 cm³/mol. The van der Waals surface area contributed by atoms with Crippen LogP contribution in [0.15, 0.2) is 21.5 Å². The molecule has 0 saturated heterocycles. The van der Waals surface area contributed by atoms with E-state index in [4.69, 9.17) is 15.9 Å². The average molecular weight is 331 g/mol. The smallest absolute Gasteiger partial charge is 0.207 e. The first-order valence-corrected chi connectivity index (χ1v) is 6.84. The van der Waals surface area contributed by atoms with Gasteiger partial charge >= 0.3 is 0 Å². The average Bonchev–Trinajstić information content (AvgIpc) is 2.14. The van der Waals surface area contributed by atoms with Gasteiger partial charge in [-0.05, 0) is 12.1 Å². The zero-order chi connectivity index (χ0) is 12.5. The van der Waals surface area contributed by atoms with Crippen LogP contribution in [0.1, 0.15) is 17.6 Å². The molecule has 8 heteroatoms. The summed E-state index contributed by atoms with van der Waals surface area (Å²) in [5.41, 5.74) is -0.815. The lowest BCUT2D eigenvalue weighted by Crippen LogP contribution is -2.01. The van der Waals surface area contributed by atoms with Crippen molar-refractivity contribution < 1.29 is 17.2 Å². The van der Waals surface area contributed by atoms with Gasteiger partial charge in [-0.25, -0.2) is 17.2 Å². The second-order valence-electron chi connectivity index (χ2n) is 2.72. The molecule has 0 fully saturated rings. The van der Waals surface area contributed by atoms with Gasteiger partial charge < -0.3 is 0 Å². The number of nitriles is 1. The SMILES string of the molecule is N#Cc1cc(Br)c(C(F)F)c(S(=O)(=O)Cl)c1. The Balaban J connectivity index is 3.69. The summed E-state index contributed by atoms with van der Waals surface area (Å²) in [6.07, 6.45) is -3.01. The van der Waals surface area contributed by atoms with Crippen molar-refractivity contribution >= 4 is 35.7 Å². The molecule has 0 spiro atoms. The van der Waals surface area contributed by atoms with Crippen LogP contribution in [0.3, 0.4) is 0 Å². The van der Waals surface area contributed by atoms with Gasteiger partial charge in [0.05, 0.1) is 22.1 Å². The van der Waals surface area contributed by atoms with E-state index in [2.05, 4.69) is 15.9 Å². The number of alkyl halides is 2. The van der Waals surface area contributed by atoms with Gasteiger partial charge in [0, 0.05) is 15.2 Å². The molecular formula is C8H3BrClF2NO2S. The molecule has 1 aromatic carbocycles. The van der Waals surface area contributed by atoms with E-state index in [0.29, 0.717) is 0 Å². The molecule has 0 aliphatic heterocycles. The van der Waals surface area contributed by atoms with Crippen LogP contribution in [0.25, 0.3) is 0 Å². The topological polar surface area (TPSA) is 57.9 Å². The van der Waals surface area contributed by atoms with Crippen molar-refractivity contribution in [3.8, 4) is 6.07 Å². The maximum atomic E-state index is 12.6. The quantitative estimate of drug-likeness (QED) is 0.783. The second-order valence-corrected chi connectivity index (χ2v) is 6.11. The molecule has 3 nitrogen and oxygen atoms in total. The minimum Gasteiger partial charge on any atom is -0.207 e. The van der Waals surface area contributed by atoms with Crippen molar-refractivity contribution in [1.82, 2.24) is 0 Å². The van der Waals surface area contributed by atoms with Crippen LogP contribution in [-0.4, -0.2) is 8.42 Å². The van der Waals surface area contributed by atoms with E-state index in [-0.39, 0.29) is 10.0 Å². The van der Waals surface area contributed by atoms with Crippen molar-refractivity contribution in [2.45, 2.75) is 11.3 Å². The highest BCUT2D eigenvalue weighted by atomic mass is 79.9. The number of halogens is 4. The van der Waals surface area contributed by atoms with Gasteiger partial charge in [-0.3, -0.25) is 0 Å². The molecule has 0 atom stereocenters. The van der Waals surface area contributed by atoms with Crippen LogP contribution in [0.5, 0.6) is 0 Å². The number of rotatable bonds is 2. The van der Waals surface area contributed by atoms with E-state index in [0.717, 1.165) is 12.1 Å². The van der Waals surface area contributed by atoms with Gasteiger partial charge in [0.1, 0.15) is 0 Å². The summed E-state index contributed by atoms with van der Waals surface area (Å²) in [4.78, 5) is -0.755. The van der Waals surface area contributed by atoms with E-state index >= 15 is 0 Å². The van der Waals surface area contributed by atoms with Gasteiger partial charge in [0.25, 0.3) is 15.5 Å². The Kier molecular flexibility index (Phi) is 3.88. The van der Waals surface area contributed by atoms with Crippen LogP contribution in [-0.2, 0) is 9.05 Å². The number of hydrogen-bond acceptors (Lipinski definition) is 3.